The molecule has 108 valence electrons. The van der Waals surface area contributed by atoms with Gasteiger partial charge in [-0.25, -0.2) is 0 Å². The molecule has 0 fully saturated rings. The van der Waals surface area contributed by atoms with Crippen LogP contribution in [0.4, 0.5) is 0 Å². The molecule has 0 heterocycles. The molecular formula is C11H7Cl4NO4. The number of carbonyl (C=O) groups is 3. The van der Waals surface area contributed by atoms with Crippen molar-refractivity contribution in [3.8, 4) is 5.75 Å². The van der Waals surface area contributed by atoms with Crippen LogP contribution in [0.2, 0.25) is 20.1 Å². The minimum Gasteiger partial charge on any atom is -0.424 e. The zero-order valence-electron chi connectivity index (χ0n) is 10.1. The van der Waals surface area contributed by atoms with E-state index in [4.69, 9.17) is 51.1 Å². The Bertz CT molecular complexity index is 615. The fourth-order valence-electron chi connectivity index (χ4n) is 1.28. The largest absolute Gasteiger partial charge is 0.424 e. The van der Waals surface area contributed by atoms with Crippen molar-refractivity contribution in [1.29, 1.82) is 0 Å². The maximum atomic E-state index is 11.9. The molecular weight excluding hydrogens is 352 g/mol. The van der Waals surface area contributed by atoms with Crippen LogP contribution in [0.1, 0.15) is 24.2 Å². The fourth-order valence-corrected chi connectivity index (χ4v) is 2.24. The van der Waals surface area contributed by atoms with Crippen LogP contribution in [0.5, 0.6) is 5.75 Å². The number of benzene rings is 1. The molecule has 5 nitrogen and oxygen atoms in total. The minimum absolute atomic E-state index is 0.172. The van der Waals surface area contributed by atoms with Crippen LogP contribution in [0.25, 0.3) is 0 Å². The number of halogens is 4. The van der Waals surface area contributed by atoms with Crippen molar-refractivity contribution >= 4 is 64.2 Å². The van der Waals surface area contributed by atoms with Crippen LogP contribution in [0.15, 0.2) is 0 Å². The predicted molar refractivity (Wildman–Crippen MR) is 75.9 cm³/mol. The number of hydrogen-bond donors (Lipinski definition) is 1. The van der Waals surface area contributed by atoms with Gasteiger partial charge in [-0.05, 0) is 0 Å². The van der Waals surface area contributed by atoms with Gasteiger partial charge in [0.15, 0.2) is 5.75 Å². The van der Waals surface area contributed by atoms with Crippen molar-refractivity contribution in [2.45, 2.75) is 13.8 Å². The summed E-state index contributed by atoms with van der Waals surface area (Å²) >= 11 is 23.4. The van der Waals surface area contributed by atoms with Gasteiger partial charge in [-0.15, -0.1) is 0 Å². The first-order valence-corrected chi connectivity index (χ1v) is 6.54. The normalized spacial score (nSPS) is 10.1. The molecule has 0 aliphatic carbocycles. The first-order chi connectivity index (χ1) is 9.16. The summed E-state index contributed by atoms with van der Waals surface area (Å²) in [5.41, 5.74) is -0.350. The van der Waals surface area contributed by atoms with Crippen LogP contribution in [-0.4, -0.2) is 17.8 Å². The number of nitrogens with one attached hydrogen (secondary N) is 1. The zero-order valence-corrected chi connectivity index (χ0v) is 13.2. The van der Waals surface area contributed by atoms with Gasteiger partial charge in [-0.1, -0.05) is 46.4 Å². The molecule has 0 spiro atoms. The minimum atomic E-state index is -0.917. The van der Waals surface area contributed by atoms with Gasteiger partial charge in [-0.2, -0.15) is 0 Å². The Morgan fingerprint density at radius 2 is 1.40 bits per heavy atom. The Labute approximate surface area is 134 Å². The number of amides is 2. The first-order valence-electron chi connectivity index (χ1n) is 5.03. The molecule has 0 saturated heterocycles. The Kier molecular flexibility index (Phi) is 5.65. The molecule has 0 bridgehead atoms. The summed E-state index contributed by atoms with van der Waals surface area (Å²) in [6, 6.07) is 0. The summed E-state index contributed by atoms with van der Waals surface area (Å²) in [6.07, 6.45) is 0. The van der Waals surface area contributed by atoms with Crippen molar-refractivity contribution < 1.29 is 19.1 Å². The predicted octanol–water partition coefficient (Wildman–Crippen LogP) is 3.50. The van der Waals surface area contributed by atoms with Crippen LogP contribution in [-0.2, 0) is 9.59 Å². The van der Waals surface area contributed by atoms with E-state index in [0.29, 0.717) is 0 Å². The molecule has 0 aromatic heterocycles. The van der Waals surface area contributed by atoms with E-state index in [0.717, 1.165) is 13.8 Å². The summed E-state index contributed by atoms with van der Waals surface area (Å²) in [5, 5.41) is 1.07. The maximum Gasteiger partial charge on any atom is 0.308 e. The topological polar surface area (TPSA) is 72.5 Å². The van der Waals surface area contributed by atoms with E-state index in [9.17, 15) is 14.4 Å². The molecule has 2 amide bonds. The monoisotopic (exact) mass is 357 g/mol. The molecule has 1 N–H and O–H groups in total. The lowest BCUT2D eigenvalue weighted by Crippen LogP contribution is -2.29. The smallest absolute Gasteiger partial charge is 0.308 e. The highest BCUT2D eigenvalue weighted by atomic mass is 35.5. The molecule has 0 radical (unpaired) electrons. The summed E-state index contributed by atoms with van der Waals surface area (Å²) < 4.78 is 4.82. The van der Waals surface area contributed by atoms with Crippen LogP contribution >= 0.6 is 46.4 Å². The number of hydrogen-bond acceptors (Lipinski definition) is 4. The quantitative estimate of drug-likeness (QED) is 0.380. The number of ether oxygens (including phenoxy) is 1. The zero-order chi connectivity index (χ0) is 15.6. The van der Waals surface area contributed by atoms with Crippen LogP contribution < -0.4 is 10.1 Å². The summed E-state index contributed by atoms with van der Waals surface area (Å²) in [7, 11) is 0. The van der Waals surface area contributed by atoms with E-state index in [1.165, 1.54) is 0 Å². The second-order valence-corrected chi connectivity index (χ2v) is 5.08. The lowest BCUT2D eigenvalue weighted by molar-refractivity contribution is -0.131. The highest BCUT2D eigenvalue weighted by molar-refractivity contribution is 6.53. The second-order valence-electron chi connectivity index (χ2n) is 3.56. The third-order valence-electron chi connectivity index (χ3n) is 1.99. The van der Waals surface area contributed by atoms with Gasteiger partial charge < -0.3 is 4.74 Å². The molecule has 0 atom stereocenters. The molecule has 1 aromatic rings. The van der Waals surface area contributed by atoms with Crippen molar-refractivity contribution in [3.05, 3.63) is 25.7 Å². The van der Waals surface area contributed by atoms with E-state index in [1.807, 2.05) is 5.32 Å². The maximum absolute atomic E-state index is 11.9. The van der Waals surface area contributed by atoms with Gasteiger partial charge in [0.25, 0.3) is 5.91 Å². The standard InChI is InChI=1S/C11H7Cl4NO4/c1-3(17)16-11(19)5-6(12)7(13)8(14)9(15)10(5)20-4(2)18/h1-2H3,(H,16,17,19). The average Bonchev–Trinajstić information content (AvgIpc) is 2.32. The van der Waals surface area contributed by atoms with Crippen molar-refractivity contribution in [2.75, 3.05) is 0 Å². The number of rotatable bonds is 2. The molecule has 0 saturated carbocycles. The van der Waals surface area contributed by atoms with Crippen LogP contribution in [0.3, 0.4) is 0 Å². The highest BCUT2D eigenvalue weighted by Gasteiger charge is 2.27. The Balaban J connectivity index is 3.57. The lowest BCUT2D eigenvalue weighted by atomic mass is 10.1. The SMILES string of the molecule is CC(=O)NC(=O)c1c(Cl)c(Cl)c(Cl)c(Cl)c1OC(C)=O. The van der Waals surface area contributed by atoms with E-state index >= 15 is 0 Å². The van der Waals surface area contributed by atoms with Gasteiger partial charge in [0.2, 0.25) is 5.91 Å². The van der Waals surface area contributed by atoms with E-state index in [-0.39, 0.29) is 31.4 Å². The molecule has 0 aliphatic rings. The van der Waals surface area contributed by atoms with Gasteiger partial charge >= 0.3 is 5.97 Å². The van der Waals surface area contributed by atoms with E-state index in [2.05, 4.69) is 0 Å². The molecule has 0 unspecified atom stereocenters. The Morgan fingerprint density at radius 3 is 1.85 bits per heavy atom. The van der Waals surface area contributed by atoms with Crippen molar-refractivity contribution in [1.82, 2.24) is 5.32 Å². The molecule has 9 heteroatoms. The van der Waals surface area contributed by atoms with E-state index < -0.39 is 17.8 Å². The molecule has 20 heavy (non-hydrogen) atoms. The molecule has 1 rings (SSSR count). The number of imide groups is 1. The summed E-state index contributed by atoms with van der Waals surface area (Å²) in [5.74, 6) is -2.67. The second kappa shape index (κ2) is 6.63. The van der Waals surface area contributed by atoms with E-state index in [1.54, 1.807) is 0 Å². The summed E-state index contributed by atoms with van der Waals surface area (Å²) in [4.78, 5) is 33.9. The van der Waals surface area contributed by atoms with Crippen LogP contribution in [0, 0.1) is 0 Å². The lowest BCUT2D eigenvalue weighted by Gasteiger charge is -2.14. The fraction of sp³-hybridized carbons (Fsp3) is 0.182. The van der Waals surface area contributed by atoms with Gasteiger partial charge in [-0.3, -0.25) is 19.7 Å². The van der Waals surface area contributed by atoms with Gasteiger partial charge in [0, 0.05) is 13.8 Å². The third-order valence-corrected chi connectivity index (χ3v) is 3.77. The highest BCUT2D eigenvalue weighted by Crippen LogP contribution is 2.45. The number of esters is 1. The van der Waals surface area contributed by atoms with Gasteiger partial charge in [0.1, 0.15) is 10.6 Å². The number of carbonyl (C=O) groups excluding carboxylic acids is 3. The molecule has 0 aliphatic heterocycles. The average molecular weight is 359 g/mol. The Morgan fingerprint density at radius 1 is 0.900 bits per heavy atom. The first kappa shape index (κ1) is 17.0. The van der Waals surface area contributed by atoms with Crippen molar-refractivity contribution in [3.63, 3.8) is 0 Å². The van der Waals surface area contributed by atoms with Crippen molar-refractivity contribution in [2.24, 2.45) is 0 Å². The third kappa shape index (κ3) is 3.55. The Hall–Kier alpha value is -1.01. The van der Waals surface area contributed by atoms with Gasteiger partial charge in [0.05, 0.1) is 15.1 Å². The molecule has 1 aromatic carbocycles. The summed E-state index contributed by atoms with van der Waals surface area (Å²) in [6.45, 7) is 2.22.